The number of amides is 1. The maximum atomic E-state index is 11.4. The summed E-state index contributed by atoms with van der Waals surface area (Å²) in [5.74, 6) is 0.118. The molecule has 0 radical (unpaired) electrons. The molecule has 18 heavy (non-hydrogen) atoms. The largest absolute Gasteiger partial charge is 0.349 e. The number of nitrogens with zero attached hydrogens (tertiary/aromatic N) is 3. The molecule has 0 saturated heterocycles. The zero-order chi connectivity index (χ0) is 13.7. The fourth-order valence-corrected chi connectivity index (χ4v) is 2.00. The minimum atomic E-state index is 0.118. The van der Waals surface area contributed by atoms with Crippen molar-refractivity contribution in [2.45, 2.75) is 26.3 Å². The molecule has 1 N–H and O–H groups in total. The van der Waals surface area contributed by atoms with Crippen molar-refractivity contribution in [3.63, 3.8) is 0 Å². The summed E-state index contributed by atoms with van der Waals surface area (Å²) in [5.41, 5.74) is 1.88. The van der Waals surface area contributed by atoms with Gasteiger partial charge in [-0.2, -0.15) is 5.10 Å². The van der Waals surface area contributed by atoms with Gasteiger partial charge in [-0.3, -0.25) is 9.48 Å². The van der Waals surface area contributed by atoms with Gasteiger partial charge >= 0.3 is 0 Å². The van der Waals surface area contributed by atoms with E-state index >= 15 is 0 Å². The quantitative estimate of drug-likeness (QED) is 0.792. The van der Waals surface area contributed by atoms with Crippen LogP contribution in [0.25, 0.3) is 0 Å². The van der Waals surface area contributed by atoms with Crippen molar-refractivity contribution >= 4 is 17.5 Å². The molecule has 0 aliphatic carbocycles. The number of aromatic nitrogens is 2. The lowest BCUT2D eigenvalue weighted by atomic mass is 10.3. The Morgan fingerprint density at radius 1 is 1.50 bits per heavy atom. The van der Waals surface area contributed by atoms with Crippen LogP contribution >= 0.6 is 11.6 Å². The van der Waals surface area contributed by atoms with E-state index in [-0.39, 0.29) is 5.91 Å². The summed E-state index contributed by atoms with van der Waals surface area (Å²) in [6, 6.07) is 0. The maximum Gasteiger partial charge on any atom is 0.223 e. The summed E-state index contributed by atoms with van der Waals surface area (Å²) >= 11 is 6.22. The van der Waals surface area contributed by atoms with Crippen LogP contribution in [0.5, 0.6) is 0 Å². The normalized spacial score (nSPS) is 10.7. The van der Waals surface area contributed by atoms with E-state index in [9.17, 15) is 4.79 Å². The molecule has 0 unspecified atom stereocenters. The lowest BCUT2D eigenvalue weighted by Gasteiger charge is -2.10. The van der Waals surface area contributed by atoms with Crippen molar-refractivity contribution in [1.29, 1.82) is 0 Å². The van der Waals surface area contributed by atoms with Gasteiger partial charge in [0.2, 0.25) is 5.91 Å². The van der Waals surface area contributed by atoms with Gasteiger partial charge in [0.15, 0.2) is 0 Å². The average molecular weight is 273 g/mol. The molecule has 5 nitrogen and oxygen atoms in total. The second kappa shape index (κ2) is 6.75. The van der Waals surface area contributed by atoms with Gasteiger partial charge in [-0.05, 0) is 6.42 Å². The maximum absolute atomic E-state index is 11.4. The van der Waals surface area contributed by atoms with Gasteiger partial charge < -0.3 is 10.2 Å². The van der Waals surface area contributed by atoms with E-state index in [1.54, 1.807) is 23.7 Å². The van der Waals surface area contributed by atoms with E-state index in [2.05, 4.69) is 10.4 Å². The molecule has 0 spiro atoms. The second-order valence-electron chi connectivity index (χ2n) is 4.40. The predicted octanol–water partition coefficient (Wildman–Crippen LogP) is 1.20. The van der Waals surface area contributed by atoms with Crippen LogP contribution in [0.3, 0.4) is 0 Å². The molecule has 0 saturated carbocycles. The molecule has 1 rings (SSSR count). The first-order valence-corrected chi connectivity index (χ1v) is 6.46. The summed E-state index contributed by atoms with van der Waals surface area (Å²) in [4.78, 5) is 13.0. The van der Waals surface area contributed by atoms with Crippen LogP contribution in [0.15, 0.2) is 0 Å². The van der Waals surface area contributed by atoms with Crippen LogP contribution in [-0.2, 0) is 24.8 Å². The number of carbonyl (C=O) groups is 1. The molecule has 102 valence electrons. The number of rotatable bonds is 6. The highest BCUT2D eigenvalue weighted by molar-refractivity contribution is 6.31. The number of hydrogen-bond donors (Lipinski definition) is 1. The zero-order valence-corrected chi connectivity index (χ0v) is 12.2. The lowest BCUT2D eigenvalue weighted by molar-refractivity contribution is -0.128. The van der Waals surface area contributed by atoms with Crippen molar-refractivity contribution in [2.24, 2.45) is 7.05 Å². The van der Waals surface area contributed by atoms with E-state index < -0.39 is 0 Å². The first kappa shape index (κ1) is 15.0. The van der Waals surface area contributed by atoms with Crippen LogP contribution in [0.1, 0.15) is 24.7 Å². The lowest BCUT2D eigenvalue weighted by Crippen LogP contribution is -2.26. The third kappa shape index (κ3) is 3.71. The molecular weight excluding hydrogens is 252 g/mol. The van der Waals surface area contributed by atoms with Crippen molar-refractivity contribution in [3.05, 3.63) is 16.4 Å². The minimum absolute atomic E-state index is 0.118. The topological polar surface area (TPSA) is 50.2 Å². The molecule has 0 aliphatic heterocycles. The van der Waals surface area contributed by atoms with Gasteiger partial charge in [-0.25, -0.2) is 0 Å². The molecule has 6 heteroatoms. The van der Waals surface area contributed by atoms with Gasteiger partial charge in [0.25, 0.3) is 0 Å². The van der Waals surface area contributed by atoms with E-state index in [0.717, 1.165) is 22.8 Å². The van der Waals surface area contributed by atoms with Gasteiger partial charge in [-0.1, -0.05) is 18.5 Å². The Morgan fingerprint density at radius 2 is 2.17 bits per heavy atom. The molecule has 1 amide bonds. The standard InChI is InChI=1S/C12H21ClN4O/c1-5-9-12(13)10(17(4)15-9)8-14-7-6-11(18)16(2)3/h14H,5-8H2,1-4H3. The molecule has 0 bridgehead atoms. The average Bonchev–Trinajstić information content (AvgIpc) is 2.60. The Morgan fingerprint density at radius 3 is 2.67 bits per heavy atom. The highest BCUT2D eigenvalue weighted by Gasteiger charge is 2.12. The first-order chi connectivity index (χ1) is 8.47. The molecule has 1 heterocycles. The Kier molecular flexibility index (Phi) is 5.62. The Labute approximate surface area is 113 Å². The second-order valence-corrected chi connectivity index (χ2v) is 4.78. The number of nitrogens with one attached hydrogen (secondary N) is 1. The van der Waals surface area contributed by atoms with Gasteiger partial charge in [-0.15, -0.1) is 0 Å². The van der Waals surface area contributed by atoms with Gasteiger partial charge in [0.05, 0.1) is 16.4 Å². The van der Waals surface area contributed by atoms with Crippen molar-refractivity contribution in [1.82, 2.24) is 20.0 Å². The first-order valence-electron chi connectivity index (χ1n) is 6.08. The molecule has 0 fully saturated rings. The van der Waals surface area contributed by atoms with Crippen molar-refractivity contribution in [3.8, 4) is 0 Å². The third-order valence-corrected chi connectivity index (χ3v) is 3.25. The van der Waals surface area contributed by atoms with Gasteiger partial charge in [0, 0.05) is 40.7 Å². The van der Waals surface area contributed by atoms with E-state index in [1.807, 2.05) is 14.0 Å². The smallest absolute Gasteiger partial charge is 0.223 e. The summed E-state index contributed by atoms with van der Waals surface area (Å²) < 4.78 is 1.79. The highest BCUT2D eigenvalue weighted by Crippen LogP contribution is 2.20. The van der Waals surface area contributed by atoms with Crippen molar-refractivity contribution < 1.29 is 4.79 Å². The van der Waals surface area contributed by atoms with Crippen LogP contribution in [-0.4, -0.2) is 41.2 Å². The fraction of sp³-hybridized carbons (Fsp3) is 0.667. The molecular formula is C12H21ClN4O. The van der Waals surface area contributed by atoms with Crippen LogP contribution in [0, 0.1) is 0 Å². The highest BCUT2D eigenvalue weighted by atomic mass is 35.5. The van der Waals surface area contributed by atoms with Crippen LogP contribution in [0.4, 0.5) is 0 Å². The summed E-state index contributed by atoms with van der Waals surface area (Å²) in [7, 11) is 5.40. The predicted molar refractivity (Wildman–Crippen MR) is 72.6 cm³/mol. The summed E-state index contributed by atoms with van der Waals surface area (Å²) in [5, 5.41) is 8.28. The van der Waals surface area contributed by atoms with E-state index in [1.165, 1.54) is 0 Å². The Balaban J connectivity index is 2.45. The molecule has 0 aliphatic rings. The van der Waals surface area contributed by atoms with Crippen LogP contribution < -0.4 is 5.32 Å². The number of carbonyl (C=O) groups excluding carboxylic acids is 1. The number of aryl methyl sites for hydroxylation is 2. The monoisotopic (exact) mass is 272 g/mol. The van der Waals surface area contributed by atoms with E-state index in [4.69, 9.17) is 11.6 Å². The molecule has 0 aromatic carbocycles. The molecule has 1 aromatic heterocycles. The van der Waals surface area contributed by atoms with E-state index in [0.29, 0.717) is 19.5 Å². The zero-order valence-electron chi connectivity index (χ0n) is 11.5. The fourth-order valence-electron chi connectivity index (χ4n) is 1.64. The molecule has 1 aromatic rings. The van der Waals surface area contributed by atoms with Crippen LogP contribution in [0.2, 0.25) is 5.02 Å². The molecule has 0 atom stereocenters. The summed E-state index contributed by atoms with van der Waals surface area (Å²) in [6.07, 6.45) is 1.31. The minimum Gasteiger partial charge on any atom is -0.349 e. The van der Waals surface area contributed by atoms with Gasteiger partial charge in [0.1, 0.15) is 0 Å². The Bertz CT molecular complexity index is 414. The number of hydrogen-bond acceptors (Lipinski definition) is 3. The summed E-state index contributed by atoms with van der Waals surface area (Å²) in [6.45, 7) is 3.30. The van der Waals surface area contributed by atoms with Crippen molar-refractivity contribution in [2.75, 3.05) is 20.6 Å². The SMILES string of the molecule is CCc1nn(C)c(CNCCC(=O)N(C)C)c1Cl. The number of halogens is 1. The third-order valence-electron chi connectivity index (χ3n) is 2.81. The Hall–Kier alpha value is -1.07.